The Hall–Kier alpha value is 0.0700. The maximum absolute atomic E-state index is 4.16. The van der Waals surface area contributed by atoms with Gasteiger partial charge in [0.05, 0.1) is 0 Å². The molecule has 62 valence electrons. The number of rotatable bonds is 4. The van der Waals surface area contributed by atoms with Crippen LogP contribution in [0.3, 0.4) is 0 Å². The number of hydrogen-bond donors (Lipinski definition) is 1. The lowest BCUT2D eigenvalue weighted by Gasteiger charge is -2.07. The number of hydrogen-bond acceptors (Lipinski definition) is 3. The average molecular weight is 235 g/mol. The van der Waals surface area contributed by atoms with Gasteiger partial charge in [-0.3, -0.25) is 0 Å². The van der Waals surface area contributed by atoms with E-state index in [2.05, 4.69) is 33.2 Å². The molecule has 0 amide bonds. The minimum absolute atomic E-state index is 0.513. The van der Waals surface area contributed by atoms with Crippen LogP contribution in [-0.4, -0.2) is 16.4 Å². The highest BCUT2D eigenvalue weighted by atomic mass is 79.9. The molecular weight excluding hydrogens is 224 g/mol. The summed E-state index contributed by atoms with van der Waals surface area (Å²) in [5.41, 5.74) is 0. The normalized spacial score (nSPS) is 13.3. The van der Waals surface area contributed by atoms with Gasteiger partial charge in [-0.15, -0.1) is 11.3 Å². The predicted octanol–water partition coefficient (Wildman–Crippen LogP) is 2.02. The zero-order chi connectivity index (χ0) is 8.10. The van der Waals surface area contributed by atoms with Gasteiger partial charge in [0.1, 0.15) is 5.01 Å². The van der Waals surface area contributed by atoms with Crippen LogP contribution >= 0.6 is 27.3 Å². The molecule has 1 atom stereocenters. The molecule has 0 saturated carbocycles. The molecule has 0 aliphatic carbocycles. The molecule has 1 N–H and O–H groups in total. The van der Waals surface area contributed by atoms with E-state index in [0.29, 0.717) is 6.04 Å². The molecule has 11 heavy (non-hydrogen) atoms. The van der Waals surface area contributed by atoms with Crippen molar-refractivity contribution in [3.8, 4) is 0 Å². The Balaban J connectivity index is 2.23. The van der Waals surface area contributed by atoms with Crippen molar-refractivity contribution in [1.82, 2.24) is 10.3 Å². The summed E-state index contributed by atoms with van der Waals surface area (Å²) in [6, 6.07) is 0.513. The fourth-order valence-corrected chi connectivity index (χ4v) is 1.45. The molecule has 0 aliphatic heterocycles. The lowest BCUT2D eigenvalue weighted by molar-refractivity contribution is 0.597. The third-order valence-electron chi connectivity index (χ3n) is 1.32. The van der Waals surface area contributed by atoms with Crippen molar-refractivity contribution in [3.05, 3.63) is 16.6 Å². The second-order valence-electron chi connectivity index (χ2n) is 2.36. The molecule has 0 bridgehead atoms. The van der Waals surface area contributed by atoms with E-state index in [4.69, 9.17) is 0 Å². The summed E-state index contributed by atoms with van der Waals surface area (Å²) >= 11 is 5.09. The molecule has 1 aromatic rings. The van der Waals surface area contributed by atoms with Gasteiger partial charge in [-0.2, -0.15) is 0 Å². The third kappa shape index (κ3) is 3.31. The highest BCUT2D eigenvalue weighted by Crippen LogP contribution is 2.03. The summed E-state index contributed by atoms with van der Waals surface area (Å²) in [6.07, 6.45) is 1.83. The van der Waals surface area contributed by atoms with Crippen molar-refractivity contribution in [2.24, 2.45) is 0 Å². The smallest absolute Gasteiger partial charge is 0.106 e. The van der Waals surface area contributed by atoms with Crippen molar-refractivity contribution in [3.63, 3.8) is 0 Å². The van der Waals surface area contributed by atoms with Crippen molar-refractivity contribution in [2.45, 2.75) is 19.5 Å². The van der Waals surface area contributed by atoms with Gasteiger partial charge in [-0.1, -0.05) is 15.9 Å². The van der Waals surface area contributed by atoms with Gasteiger partial charge in [0.2, 0.25) is 0 Å². The molecule has 0 saturated heterocycles. The van der Waals surface area contributed by atoms with Crippen LogP contribution in [0.4, 0.5) is 0 Å². The number of thiazole rings is 1. The number of nitrogens with zero attached hydrogens (tertiary/aromatic N) is 1. The van der Waals surface area contributed by atoms with Crippen molar-refractivity contribution in [1.29, 1.82) is 0 Å². The maximum Gasteiger partial charge on any atom is 0.106 e. The van der Waals surface area contributed by atoms with Crippen LogP contribution in [-0.2, 0) is 6.54 Å². The zero-order valence-corrected chi connectivity index (χ0v) is 8.78. The topological polar surface area (TPSA) is 24.9 Å². The molecule has 1 unspecified atom stereocenters. The second kappa shape index (κ2) is 4.85. The molecule has 0 aromatic carbocycles. The van der Waals surface area contributed by atoms with E-state index < -0.39 is 0 Å². The van der Waals surface area contributed by atoms with Crippen molar-refractivity contribution < 1.29 is 0 Å². The monoisotopic (exact) mass is 234 g/mol. The molecule has 0 radical (unpaired) electrons. The van der Waals surface area contributed by atoms with E-state index in [1.807, 2.05) is 11.6 Å². The van der Waals surface area contributed by atoms with Gasteiger partial charge in [-0.25, -0.2) is 4.98 Å². The van der Waals surface area contributed by atoms with E-state index in [1.54, 1.807) is 11.3 Å². The summed E-state index contributed by atoms with van der Waals surface area (Å²) < 4.78 is 0. The summed E-state index contributed by atoms with van der Waals surface area (Å²) in [7, 11) is 0. The van der Waals surface area contributed by atoms with Crippen molar-refractivity contribution in [2.75, 3.05) is 5.33 Å². The van der Waals surface area contributed by atoms with Crippen LogP contribution in [0.2, 0.25) is 0 Å². The highest BCUT2D eigenvalue weighted by molar-refractivity contribution is 9.09. The Morgan fingerprint density at radius 3 is 3.18 bits per heavy atom. The van der Waals surface area contributed by atoms with Gasteiger partial charge in [0.25, 0.3) is 0 Å². The third-order valence-corrected chi connectivity index (χ3v) is 3.07. The quantitative estimate of drug-likeness (QED) is 0.807. The van der Waals surface area contributed by atoms with Crippen LogP contribution in [0, 0.1) is 0 Å². The first-order valence-corrected chi connectivity index (χ1v) is 5.50. The Bertz CT molecular complexity index is 188. The van der Waals surface area contributed by atoms with Crippen LogP contribution in [0.1, 0.15) is 11.9 Å². The first-order chi connectivity index (χ1) is 5.33. The first kappa shape index (κ1) is 9.16. The highest BCUT2D eigenvalue weighted by Gasteiger charge is 1.99. The van der Waals surface area contributed by atoms with Gasteiger partial charge in [0.15, 0.2) is 0 Å². The molecule has 0 aliphatic rings. The number of alkyl halides is 1. The van der Waals surface area contributed by atoms with Gasteiger partial charge in [-0.05, 0) is 6.92 Å². The summed E-state index contributed by atoms with van der Waals surface area (Å²) in [6.45, 7) is 3.02. The van der Waals surface area contributed by atoms with E-state index in [-0.39, 0.29) is 0 Å². The van der Waals surface area contributed by atoms with Crippen molar-refractivity contribution >= 4 is 27.3 Å². The molecule has 2 nitrogen and oxygen atoms in total. The predicted molar refractivity (Wildman–Crippen MR) is 52.2 cm³/mol. The lowest BCUT2D eigenvalue weighted by atomic mass is 10.4. The Labute approximate surface area is 79.2 Å². The van der Waals surface area contributed by atoms with E-state index in [1.165, 1.54) is 0 Å². The van der Waals surface area contributed by atoms with Crippen LogP contribution in [0.5, 0.6) is 0 Å². The van der Waals surface area contributed by atoms with Crippen LogP contribution in [0.25, 0.3) is 0 Å². The molecule has 1 heterocycles. The standard InChI is InChI=1S/C7H11BrN2S/c1-6(4-8)10-5-7-9-2-3-11-7/h2-3,6,10H,4-5H2,1H3. The number of aromatic nitrogens is 1. The lowest BCUT2D eigenvalue weighted by Crippen LogP contribution is -2.26. The summed E-state index contributed by atoms with van der Waals surface area (Å²) in [5.74, 6) is 0. The molecular formula is C7H11BrN2S. The molecule has 4 heteroatoms. The van der Waals surface area contributed by atoms with Crippen LogP contribution < -0.4 is 5.32 Å². The Morgan fingerprint density at radius 2 is 2.64 bits per heavy atom. The van der Waals surface area contributed by atoms with Crippen LogP contribution in [0.15, 0.2) is 11.6 Å². The number of halogens is 1. The van der Waals surface area contributed by atoms with Gasteiger partial charge < -0.3 is 5.32 Å². The fraction of sp³-hybridized carbons (Fsp3) is 0.571. The Kier molecular flexibility index (Phi) is 4.04. The summed E-state index contributed by atoms with van der Waals surface area (Å²) in [4.78, 5) is 4.16. The van der Waals surface area contributed by atoms with E-state index >= 15 is 0 Å². The molecule has 1 rings (SSSR count). The minimum Gasteiger partial charge on any atom is -0.307 e. The Morgan fingerprint density at radius 1 is 1.82 bits per heavy atom. The molecule has 0 fully saturated rings. The SMILES string of the molecule is CC(CBr)NCc1nccs1. The molecule has 1 aromatic heterocycles. The minimum atomic E-state index is 0.513. The average Bonchev–Trinajstić information content (AvgIpc) is 2.52. The zero-order valence-electron chi connectivity index (χ0n) is 6.38. The van der Waals surface area contributed by atoms with E-state index in [0.717, 1.165) is 16.9 Å². The number of nitrogens with one attached hydrogen (secondary N) is 1. The van der Waals surface area contributed by atoms with Gasteiger partial charge in [0, 0.05) is 29.5 Å². The fourth-order valence-electron chi connectivity index (χ4n) is 0.656. The largest absolute Gasteiger partial charge is 0.307 e. The molecule has 0 spiro atoms. The van der Waals surface area contributed by atoms with Gasteiger partial charge >= 0.3 is 0 Å². The van der Waals surface area contributed by atoms with E-state index in [9.17, 15) is 0 Å². The maximum atomic E-state index is 4.16. The second-order valence-corrected chi connectivity index (χ2v) is 3.99. The first-order valence-electron chi connectivity index (χ1n) is 3.50. The summed E-state index contributed by atoms with van der Waals surface area (Å²) in [5, 5.41) is 7.47.